The van der Waals surface area contributed by atoms with Crippen LogP contribution < -0.4 is 0 Å². The standard InChI is InChI=1S/C11H10FIO3/c12-9-3-1-2-8(6-9)11(7-13)4-5-15-10(14)16-11/h1-3,6H,4-5,7H2/t11-/m0/s1. The smallest absolute Gasteiger partial charge is 0.434 e. The molecule has 1 aromatic carbocycles. The molecule has 2 rings (SSSR count). The summed E-state index contributed by atoms with van der Waals surface area (Å²) in [6, 6.07) is 6.14. The zero-order valence-corrected chi connectivity index (χ0v) is 10.6. The number of alkyl halides is 1. The van der Waals surface area contributed by atoms with Gasteiger partial charge in [0.15, 0.2) is 5.60 Å². The molecular formula is C11H10FIO3. The highest BCUT2D eigenvalue weighted by Gasteiger charge is 2.39. The maximum atomic E-state index is 13.2. The van der Waals surface area contributed by atoms with Gasteiger partial charge in [-0.3, -0.25) is 0 Å². The van der Waals surface area contributed by atoms with Gasteiger partial charge in [0, 0.05) is 10.8 Å². The van der Waals surface area contributed by atoms with E-state index in [9.17, 15) is 9.18 Å². The third kappa shape index (κ3) is 2.14. The lowest BCUT2D eigenvalue weighted by Crippen LogP contribution is -2.40. The molecule has 0 radical (unpaired) electrons. The van der Waals surface area contributed by atoms with E-state index in [4.69, 9.17) is 9.47 Å². The van der Waals surface area contributed by atoms with Gasteiger partial charge < -0.3 is 9.47 Å². The van der Waals surface area contributed by atoms with Crippen LogP contribution in [0.25, 0.3) is 0 Å². The predicted octanol–water partition coefficient (Wildman–Crippen LogP) is 3.01. The Bertz CT molecular complexity index is 410. The van der Waals surface area contributed by atoms with Crippen LogP contribution in [0.4, 0.5) is 9.18 Å². The first-order valence-electron chi connectivity index (χ1n) is 4.84. The molecule has 1 fully saturated rings. The molecule has 0 aliphatic carbocycles. The summed E-state index contributed by atoms with van der Waals surface area (Å²) in [7, 11) is 0. The lowest BCUT2D eigenvalue weighted by atomic mass is 9.92. The summed E-state index contributed by atoms with van der Waals surface area (Å²) in [6.45, 7) is 0.304. The fraction of sp³-hybridized carbons (Fsp3) is 0.364. The average molecular weight is 336 g/mol. The fourth-order valence-electron chi connectivity index (χ4n) is 1.69. The molecule has 0 aromatic heterocycles. The van der Waals surface area contributed by atoms with Gasteiger partial charge in [0.05, 0.1) is 6.61 Å². The zero-order chi connectivity index (χ0) is 11.6. The number of hydrogen-bond donors (Lipinski definition) is 0. The lowest BCUT2D eigenvalue weighted by molar-refractivity contribution is -0.0751. The molecule has 1 saturated heterocycles. The molecule has 1 aliphatic heterocycles. The lowest BCUT2D eigenvalue weighted by Gasteiger charge is -2.35. The van der Waals surface area contributed by atoms with Crippen LogP contribution in [0.3, 0.4) is 0 Å². The quantitative estimate of drug-likeness (QED) is 0.473. The van der Waals surface area contributed by atoms with Gasteiger partial charge in [-0.1, -0.05) is 34.7 Å². The van der Waals surface area contributed by atoms with Gasteiger partial charge >= 0.3 is 6.16 Å². The van der Waals surface area contributed by atoms with Crippen LogP contribution in [0, 0.1) is 5.82 Å². The Hall–Kier alpha value is -0.850. The third-order valence-corrected chi connectivity index (χ3v) is 3.80. The van der Waals surface area contributed by atoms with Crippen LogP contribution >= 0.6 is 22.6 Å². The summed E-state index contributed by atoms with van der Waals surface area (Å²) in [4.78, 5) is 11.2. The van der Waals surface area contributed by atoms with E-state index in [0.29, 0.717) is 23.0 Å². The molecule has 1 aromatic rings. The van der Waals surface area contributed by atoms with E-state index < -0.39 is 11.8 Å². The Morgan fingerprint density at radius 2 is 2.31 bits per heavy atom. The minimum atomic E-state index is -0.752. The van der Waals surface area contributed by atoms with Crippen molar-refractivity contribution in [2.45, 2.75) is 12.0 Å². The molecule has 0 spiro atoms. The van der Waals surface area contributed by atoms with Gasteiger partial charge in [0.1, 0.15) is 5.82 Å². The van der Waals surface area contributed by atoms with E-state index in [-0.39, 0.29) is 5.82 Å². The summed E-state index contributed by atoms with van der Waals surface area (Å²) >= 11 is 2.13. The number of cyclic esters (lactones) is 2. The van der Waals surface area contributed by atoms with Crippen molar-refractivity contribution < 1.29 is 18.7 Å². The van der Waals surface area contributed by atoms with Crippen molar-refractivity contribution in [3.63, 3.8) is 0 Å². The molecule has 16 heavy (non-hydrogen) atoms. The van der Waals surface area contributed by atoms with Gasteiger partial charge in [-0.05, 0) is 17.7 Å². The monoisotopic (exact) mass is 336 g/mol. The first kappa shape index (κ1) is 11.6. The molecule has 1 heterocycles. The molecular weight excluding hydrogens is 326 g/mol. The van der Waals surface area contributed by atoms with Crippen molar-refractivity contribution in [1.29, 1.82) is 0 Å². The van der Waals surface area contributed by atoms with Crippen molar-refractivity contribution in [3.8, 4) is 0 Å². The summed E-state index contributed by atoms with van der Waals surface area (Å²) in [6.07, 6.45) is -0.141. The van der Waals surface area contributed by atoms with Crippen molar-refractivity contribution in [2.75, 3.05) is 11.0 Å². The minimum absolute atomic E-state index is 0.304. The molecule has 3 nitrogen and oxygen atoms in total. The van der Waals surface area contributed by atoms with Crippen molar-refractivity contribution in [1.82, 2.24) is 0 Å². The molecule has 0 N–H and O–H groups in total. The van der Waals surface area contributed by atoms with Gasteiger partial charge in [0.25, 0.3) is 0 Å². The normalized spacial score (nSPS) is 24.8. The Labute approximate surface area is 106 Å². The van der Waals surface area contributed by atoms with E-state index in [1.807, 2.05) is 0 Å². The predicted molar refractivity (Wildman–Crippen MR) is 64.0 cm³/mol. The highest BCUT2D eigenvalue weighted by atomic mass is 127. The second-order valence-electron chi connectivity index (χ2n) is 3.59. The molecule has 0 amide bonds. The maximum Gasteiger partial charge on any atom is 0.509 e. The second kappa shape index (κ2) is 4.57. The molecule has 1 atom stereocenters. The number of hydrogen-bond acceptors (Lipinski definition) is 3. The number of benzene rings is 1. The molecule has 1 aliphatic rings. The van der Waals surface area contributed by atoms with Gasteiger partial charge in [0.2, 0.25) is 0 Å². The Morgan fingerprint density at radius 1 is 1.50 bits per heavy atom. The van der Waals surface area contributed by atoms with Gasteiger partial charge in [-0.25, -0.2) is 9.18 Å². The van der Waals surface area contributed by atoms with Crippen LogP contribution in [0.2, 0.25) is 0 Å². The SMILES string of the molecule is O=C1OCC[C@](CI)(c2cccc(F)c2)O1. The fourth-order valence-corrected chi connectivity index (χ4v) is 2.66. The van der Waals surface area contributed by atoms with Crippen LogP contribution in [-0.2, 0) is 15.1 Å². The second-order valence-corrected chi connectivity index (χ2v) is 4.35. The summed E-state index contributed by atoms with van der Waals surface area (Å²) in [5.41, 5.74) is -0.0728. The zero-order valence-electron chi connectivity index (χ0n) is 8.41. The molecule has 0 saturated carbocycles. The number of ether oxygens (including phenoxy) is 2. The van der Waals surface area contributed by atoms with E-state index in [2.05, 4.69) is 22.6 Å². The summed E-state index contributed by atoms with van der Waals surface area (Å²) in [5.74, 6) is -0.329. The number of halogens is 2. The van der Waals surface area contributed by atoms with Crippen LogP contribution in [0.15, 0.2) is 24.3 Å². The van der Waals surface area contributed by atoms with E-state index in [1.165, 1.54) is 12.1 Å². The Balaban J connectivity index is 2.37. The van der Waals surface area contributed by atoms with Gasteiger partial charge in [-0.15, -0.1) is 0 Å². The van der Waals surface area contributed by atoms with Crippen molar-refractivity contribution >= 4 is 28.7 Å². The topological polar surface area (TPSA) is 35.5 Å². The van der Waals surface area contributed by atoms with E-state index >= 15 is 0 Å². The number of carbonyl (C=O) groups is 1. The van der Waals surface area contributed by atoms with Crippen molar-refractivity contribution in [2.24, 2.45) is 0 Å². The highest BCUT2D eigenvalue weighted by molar-refractivity contribution is 14.1. The molecule has 0 bridgehead atoms. The minimum Gasteiger partial charge on any atom is -0.434 e. The van der Waals surface area contributed by atoms with Crippen LogP contribution in [0.1, 0.15) is 12.0 Å². The molecule has 0 unspecified atom stereocenters. The first-order chi connectivity index (χ1) is 7.66. The average Bonchev–Trinajstić information content (AvgIpc) is 2.29. The van der Waals surface area contributed by atoms with E-state index in [1.54, 1.807) is 12.1 Å². The highest BCUT2D eigenvalue weighted by Crippen LogP contribution is 2.35. The van der Waals surface area contributed by atoms with Crippen LogP contribution in [-0.4, -0.2) is 17.2 Å². The van der Waals surface area contributed by atoms with E-state index in [0.717, 1.165) is 0 Å². The van der Waals surface area contributed by atoms with Crippen LogP contribution in [0.5, 0.6) is 0 Å². The Morgan fingerprint density at radius 3 is 2.94 bits per heavy atom. The third-order valence-electron chi connectivity index (χ3n) is 2.57. The molecule has 86 valence electrons. The first-order valence-corrected chi connectivity index (χ1v) is 6.37. The summed E-state index contributed by atoms with van der Waals surface area (Å²) in [5, 5.41) is 0. The largest absolute Gasteiger partial charge is 0.509 e. The van der Waals surface area contributed by atoms with Crippen molar-refractivity contribution in [3.05, 3.63) is 35.6 Å². The maximum absolute atomic E-state index is 13.2. The summed E-state index contributed by atoms with van der Waals surface area (Å²) < 4.78 is 23.7. The molecule has 5 heteroatoms. The van der Waals surface area contributed by atoms with Gasteiger partial charge in [-0.2, -0.15) is 0 Å². The number of carbonyl (C=O) groups excluding carboxylic acids is 1. The Kier molecular flexibility index (Phi) is 3.32. The number of rotatable bonds is 2.